The van der Waals surface area contributed by atoms with Gasteiger partial charge < -0.3 is 9.16 Å². The Kier molecular flexibility index (Phi) is 9.31. The number of H-pyrrole nitrogens is 1. The minimum absolute atomic E-state index is 0.0344. The number of benzene rings is 2. The Morgan fingerprint density at radius 1 is 1.05 bits per heavy atom. The standard InChI is InChI=1S/C30H38FN3O6SSi/c1-29(2,3)42(8,9)40-19-30(4,5)23-18-24(34-17-16-25(35)32-28(34)36)26(31)22(27(23)39-6)15-12-20-10-13-21(14-11-20)33-41(7,37)38/h10-11,13-14,16-18,33H,19H2,1-9H3,(H,32,35,36). The molecule has 0 spiro atoms. The van der Waals surface area contributed by atoms with Gasteiger partial charge in [-0.15, -0.1) is 0 Å². The second kappa shape index (κ2) is 11.9. The summed E-state index contributed by atoms with van der Waals surface area (Å²) < 4.78 is 54.9. The van der Waals surface area contributed by atoms with Gasteiger partial charge in [-0.3, -0.25) is 19.1 Å². The summed E-state index contributed by atoms with van der Waals surface area (Å²) in [5, 5.41) is -0.0344. The Morgan fingerprint density at radius 3 is 2.19 bits per heavy atom. The van der Waals surface area contributed by atoms with Gasteiger partial charge in [0.05, 0.1) is 19.1 Å². The number of anilines is 1. The number of aromatic amines is 1. The van der Waals surface area contributed by atoms with Gasteiger partial charge in [-0.1, -0.05) is 46.5 Å². The molecule has 2 N–H and O–H groups in total. The predicted molar refractivity (Wildman–Crippen MR) is 166 cm³/mol. The van der Waals surface area contributed by atoms with Crippen molar-refractivity contribution in [2.24, 2.45) is 0 Å². The average molecular weight is 616 g/mol. The molecule has 1 heterocycles. The van der Waals surface area contributed by atoms with E-state index in [4.69, 9.17) is 9.16 Å². The summed E-state index contributed by atoms with van der Waals surface area (Å²) >= 11 is 0. The van der Waals surface area contributed by atoms with E-state index in [1.807, 2.05) is 13.8 Å². The highest BCUT2D eigenvalue weighted by Gasteiger charge is 2.39. The normalized spacial score (nSPS) is 12.4. The Morgan fingerprint density at radius 2 is 1.67 bits per heavy atom. The zero-order valence-electron chi connectivity index (χ0n) is 25.4. The van der Waals surface area contributed by atoms with Crippen molar-refractivity contribution in [1.29, 1.82) is 0 Å². The summed E-state index contributed by atoms with van der Waals surface area (Å²) in [5.41, 5.74) is -0.893. The van der Waals surface area contributed by atoms with Crippen molar-refractivity contribution in [3.63, 3.8) is 0 Å². The second-order valence-corrected chi connectivity index (χ2v) is 18.8. The van der Waals surface area contributed by atoms with E-state index in [-0.39, 0.29) is 22.0 Å². The van der Waals surface area contributed by atoms with E-state index in [1.165, 1.54) is 19.4 Å². The van der Waals surface area contributed by atoms with Gasteiger partial charge >= 0.3 is 5.69 Å². The largest absolute Gasteiger partial charge is 0.495 e. The average Bonchev–Trinajstić information content (AvgIpc) is 2.86. The molecule has 0 aliphatic rings. The van der Waals surface area contributed by atoms with Gasteiger partial charge in [-0.2, -0.15) is 0 Å². The predicted octanol–water partition coefficient (Wildman–Crippen LogP) is 4.74. The van der Waals surface area contributed by atoms with Crippen LogP contribution in [-0.4, -0.2) is 46.3 Å². The zero-order chi connectivity index (χ0) is 31.7. The van der Waals surface area contributed by atoms with Crippen LogP contribution >= 0.6 is 0 Å². The molecule has 0 fully saturated rings. The highest BCUT2D eigenvalue weighted by atomic mass is 32.2. The molecule has 3 rings (SSSR count). The van der Waals surface area contributed by atoms with Crippen LogP contribution in [-0.2, 0) is 19.9 Å². The molecule has 0 aliphatic heterocycles. The summed E-state index contributed by atoms with van der Waals surface area (Å²) in [4.78, 5) is 26.6. The van der Waals surface area contributed by atoms with Gasteiger partial charge in [-0.05, 0) is 48.5 Å². The third-order valence-electron chi connectivity index (χ3n) is 7.33. The van der Waals surface area contributed by atoms with Crippen molar-refractivity contribution in [2.45, 2.75) is 58.2 Å². The first-order chi connectivity index (χ1) is 19.3. The highest BCUT2D eigenvalue weighted by molar-refractivity contribution is 7.92. The summed E-state index contributed by atoms with van der Waals surface area (Å²) in [6.45, 7) is 14.9. The SMILES string of the molecule is COc1c(C(C)(C)CO[Si](C)(C)C(C)(C)C)cc(-n2ccc(=O)[nH]c2=O)c(F)c1C#Cc1ccc(NS(C)(=O)=O)cc1. The van der Waals surface area contributed by atoms with Gasteiger partial charge in [0.15, 0.2) is 14.1 Å². The monoisotopic (exact) mass is 615 g/mol. The molecule has 0 aliphatic carbocycles. The van der Waals surface area contributed by atoms with Gasteiger partial charge in [0, 0.05) is 41.1 Å². The molecule has 1 aromatic heterocycles. The fourth-order valence-corrected chi connectivity index (χ4v) is 5.58. The van der Waals surface area contributed by atoms with Gasteiger partial charge in [0.2, 0.25) is 10.0 Å². The van der Waals surface area contributed by atoms with E-state index < -0.39 is 40.8 Å². The molecule has 9 nitrogen and oxygen atoms in total. The zero-order valence-corrected chi connectivity index (χ0v) is 27.2. The molecular weight excluding hydrogens is 577 g/mol. The molecule has 2 aromatic carbocycles. The number of nitrogens with one attached hydrogen (secondary N) is 2. The first-order valence-electron chi connectivity index (χ1n) is 13.2. The number of ether oxygens (including phenoxy) is 1. The lowest BCUT2D eigenvalue weighted by Crippen LogP contribution is -2.44. The van der Waals surface area contributed by atoms with E-state index >= 15 is 4.39 Å². The van der Waals surface area contributed by atoms with Gasteiger partial charge in [0.1, 0.15) is 11.3 Å². The van der Waals surface area contributed by atoms with Gasteiger partial charge in [-0.25, -0.2) is 17.6 Å². The molecular formula is C30H38FN3O6SSi. The topological polar surface area (TPSA) is 119 Å². The number of hydrogen-bond acceptors (Lipinski definition) is 6. The Balaban J connectivity index is 2.22. The third kappa shape index (κ3) is 7.59. The summed E-state index contributed by atoms with van der Waals surface area (Å²) in [7, 11) is -4.18. The number of nitrogens with zero attached hydrogens (tertiary/aromatic N) is 1. The van der Waals surface area contributed by atoms with Crippen LogP contribution in [0, 0.1) is 17.7 Å². The van der Waals surface area contributed by atoms with Crippen molar-refractivity contribution >= 4 is 24.0 Å². The lowest BCUT2D eigenvalue weighted by atomic mass is 9.83. The van der Waals surface area contributed by atoms with Crippen LogP contribution in [0.3, 0.4) is 0 Å². The summed E-state index contributed by atoms with van der Waals surface area (Å²) in [6, 6.07) is 8.94. The molecule has 0 amide bonds. The number of hydrogen-bond donors (Lipinski definition) is 2. The fourth-order valence-electron chi connectivity index (χ4n) is 3.86. The first kappa shape index (κ1) is 32.8. The molecule has 0 bridgehead atoms. The van der Waals surface area contributed by atoms with Crippen LogP contribution in [0.5, 0.6) is 5.75 Å². The number of methoxy groups -OCH3 is 1. The van der Waals surface area contributed by atoms with Crippen LogP contribution in [0.2, 0.25) is 18.1 Å². The quantitative estimate of drug-likeness (QED) is 0.279. The minimum Gasteiger partial charge on any atom is -0.495 e. The van der Waals surface area contributed by atoms with Crippen molar-refractivity contribution in [2.75, 3.05) is 24.7 Å². The van der Waals surface area contributed by atoms with Crippen molar-refractivity contribution in [3.05, 3.63) is 85.9 Å². The van der Waals surface area contributed by atoms with E-state index in [0.29, 0.717) is 23.4 Å². The maximum atomic E-state index is 16.2. The van der Waals surface area contributed by atoms with Crippen LogP contribution in [0.4, 0.5) is 10.1 Å². The molecule has 42 heavy (non-hydrogen) atoms. The highest BCUT2D eigenvalue weighted by Crippen LogP contribution is 2.41. The summed E-state index contributed by atoms with van der Waals surface area (Å²) in [5.74, 6) is 5.15. The van der Waals surface area contributed by atoms with Crippen LogP contribution < -0.4 is 20.7 Å². The first-order valence-corrected chi connectivity index (χ1v) is 18.0. The number of sulfonamides is 1. The van der Waals surface area contributed by atoms with Crippen molar-refractivity contribution in [1.82, 2.24) is 9.55 Å². The molecule has 12 heteroatoms. The molecule has 0 saturated carbocycles. The van der Waals surface area contributed by atoms with Crippen LogP contribution in [0.1, 0.15) is 51.3 Å². The van der Waals surface area contributed by atoms with Gasteiger partial charge in [0.25, 0.3) is 5.56 Å². The summed E-state index contributed by atoms with van der Waals surface area (Å²) in [6.07, 6.45) is 2.26. The number of rotatable bonds is 8. The van der Waals surface area contributed by atoms with E-state index in [2.05, 4.69) is 55.4 Å². The number of aromatic nitrogens is 2. The molecule has 0 saturated heterocycles. The Labute approximate surface area is 247 Å². The van der Waals surface area contributed by atoms with Crippen molar-refractivity contribution in [3.8, 4) is 23.3 Å². The fraction of sp³-hybridized carbons (Fsp3) is 0.400. The number of halogens is 1. The molecule has 0 radical (unpaired) electrons. The third-order valence-corrected chi connectivity index (χ3v) is 12.4. The van der Waals surface area contributed by atoms with E-state index in [1.54, 1.807) is 24.3 Å². The van der Waals surface area contributed by atoms with Crippen molar-refractivity contribution < 1.29 is 22.0 Å². The smallest absolute Gasteiger partial charge is 0.333 e. The molecule has 226 valence electrons. The van der Waals surface area contributed by atoms with E-state index in [0.717, 1.165) is 16.9 Å². The molecule has 0 unspecified atom stereocenters. The minimum atomic E-state index is -3.45. The maximum Gasteiger partial charge on any atom is 0.333 e. The maximum absolute atomic E-state index is 16.2. The molecule has 0 atom stereocenters. The van der Waals surface area contributed by atoms with Crippen LogP contribution in [0.25, 0.3) is 5.69 Å². The van der Waals surface area contributed by atoms with Crippen LogP contribution in [0.15, 0.2) is 52.2 Å². The lowest BCUT2D eigenvalue weighted by molar-refractivity contribution is 0.216. The molecule has 3 aromatic rings. The van der Waals surface area contributed by atoms with E-state index in [9.17, 15) is 18.0 Å². The Hall–Kier alpha value is -3.66. The Bertz CT molecular complexity index is 1760. The second-order valence-electron chi connectivity index (χ2n) is 12.3. The lowest BCUT2D eigenvalue weighted by Gasteiger charge is -2.39.